The zero-order valence-corrected chi connectivity index (χ0v) is 5.96. The summed E-state index contributed by atoms with van der Waals surface area (Å²) in [5.74, 6) is 0.891. The van der Waals surface area contributed by atoms with Gasteiger partial charge in [0.2, 0.25) is 0 Å². The Hall–Kier alpha value is -1.25. The largest absolute Gasteiger partial charge is 0.362 e. The van der Waals surface area contributed by atoms with Crippen molar-refractivity contribution < 1.29 is 4.52 Å². The average Bonchev–Trinajstić information content (AvgIpc) is 2.21. The van der Waals surface area contributed by atoms with E-state index < -0.39 is 0 Å². The highest BCUT2D eigenvalue weighted by Gasteiger charge is 2.00. The molecule has 0 aromatic carbocycles. The highest BCUT2D eigenvalue weighted by atomic mass is 16.5. The van der Waals surface area contributed by atoms with Gasteiger partial charge in [0, 0.05) is 6.07 Å². The molecule has 52 valence electrons. The van der Waals surface area contributed by atoms with E-state index in [0.29, 0.717) is 0 Å². The summed E-state index contributed by atoms with van der Waals surface area (Å²) in [5.41, 5.74) is 2.01. The number of nitrogens with zero attached hydrogens (tertiary/aromatic N) is 2. The van der Waals surface area contributed by atoms with Crippen LogP contribution in [0.3, 0.4) is 0 Å². The number of hydrogen-bond donors (Lipinski definition) is 0. The second-order valence-electron chi connectivity index (χ2n) is 2.43. The van der Waals surface area contributed by atoms with Crippen molar-refractivity contribution in [3.05, 3.63) is 23.6 Å². The fourth-order valence-corrected chi connectivity index (χ4v) is 1.04. The van der Waals surface area contributed by atoms with Crippen molar-refractivity contribution in [1.82, 2.24) is 9.79 Å². The lowest BCUT2D eigenvalue weighted by Crippen LogP contribution is -1.79. The van der Waals surface area contributed by atoms with Gasteiger partial charge in [-0.05, 0) is 19.9 Å². The van der Waals surface area contributed by atoms with Crippen LogP contribution in [0.5, 0.6) is 0 Å². The maximum absolute atomic E-state index is 5.19. The molecule has 0 saturated carbocycles. The Bertz CT molecular complexity index is 295. The lowest BCUT2D eigenvalue weighted by molar-refractivity contribution is 0.320. The molecule has 2 rings (SSSR count). The van der Waals surface area contributed by atoms with Gasteiger partial charge >= 0.3 is 0 Å². The summed E-state index contributed by atoms with van der Waals surface area (Å²) in [4.78, 5) is 0. The van der Waals surface area contributed by atoms with Crippen molar-refractivity contribution in [2.24, 2.45) is 0 Å². The van der Waals surface area contributed by atoms with Gasteiger partial charge in [0.1, 0.15) is 11.3 Å². The molecule has 0 radical (unpaired) electrons. The van der Waals surface area contributed by atoms with Gasteiger partial charge in [-0.15, -0.1) is 5.10 Å². The van der Waals surface area contributed by atoms with Crippen molar-refractivity contribution >= 4 is 5.52 Å². The molecule has 0 aliphatic rings. The second-order valence-corrected chi connectivity index (χ2v) is 2.43. The molecular formula is C7H8N2O. The van der Waals surface area contributed by atoms with Gasteiger partial charge in [0.25, 0.3) is 0 Å². The van der Waals surface area contributed by atoms with Crippen LogP contribution >= 0.6 is 0 Å². The summed E-state index contributed by atoms with van der Waals surface area (Å²) in [5, 5.41) is 4.08. The Morgan fingerprint density at radius 2 is 2.20 bits per heavy atom. The molecule has 0 N–H and O–H groups in total. The highest BCUT2D eigenvalue weighted by molar-refractivity contribution is 5.46. The van der Waals surface area contributed by atoms with E-state index in [1.807, 2.05) is 26.0 Å². The number of aryl methyl sites for hydroxylation is 2. The summed E-state index contributed by atoms with van der Waals surface area (Å²) in [6.07, 6.45) is 0. The second kappa shape index (κ2) is 1.62. The van der Waals surface area contributed by atoms with Crippen LogP contribution in [0, 0.1) is 13.8 Å². The van der Waals surface area contributed by atoms with Crippen LogP contribution in [0.15, 0.2) is 16.7 Å². The van der Waals surface area contributed by atoms with Crippen LogP contribution in [0.25, 0.3) is 5.52 Å². The zero-order chi connectivity index (χ0) is 7.14. The van der Waals surface area contributed by atoms with Crippen LogP contribution in [0.2, 0.25) is 0 Å². The van der Waals surface area contributed by atoms with E-state index in [4.69, 9.17) is 4.52 Å². The minimum atomic E-state index is 0.891. The number of hydrogen-bond acceptors (Lipinski definition) is 2. The van der Waals surface area contributed by atoms with Crippen LogP contribution < -0.4 is 0 Å². The summed E-state index contributed by atoms with van der Waals surface area (Å²) in [6.45, 7) is 3.85. The molecule has 10 heavy (non-hydrogen) atoms. The lowest BCUT2D eigenvalue weighted by atomic mass is 10.4. The molecule has 0 amide bonds. The molecule has 0 bridgehead atoms. The minimum absolute atomic E-state index is 0.891. The summed E-state index contributed by atoms with van der Waals surface area (Å²) in [6, 6.07) is 3.94. The molecule has 2 aromatic heterocycles. The van der Waals surface area contributed by atoms with Crippen molar-refractivity contribution in [3.63, 3.8) is 0 Å². The maximum atomic E-state index is 5.19. The standard InChI is InChI=1S/C7H8N2O/c1-5-3-7-4-6(2)10-9(7)8-5/h3-4H,1-2H3. The van der Waals surface area contributed by atoms with E-state index >= 15 is 0 Å². The van der Waals surface area contributed by atoms with Gasteiger partial charge in [-0.1, -0.05) is 4.69 Å². The van der Waals surface area contributed by atoms with Crippen molar-refractivity contribution in [2.75, 3.05) is 0 Å². The smallest absolute Gasteiger partial charge is 0.134 e. The fourth-order valence-electron chi connectivity index (χ4n) is 1.04. The first kappa shape index (κ1) is 5.53. The minimum Gasteiger partial charge on any atom is -0.362 e. The van der Waals surface area contributed by atoms with Gasteiger partial charge in [0.05, 0.1) is 5.69 Å². The molecule has 0 aliphatic heterocycles. The third kappa shape index (κ3) is 0.635. The first-order chi connectivity index (χ1) is 4.75. The van der Waals surface area contributed by atoms with Crippen LogP contribution in [-0.2, 0) is 0 Å². The van der Waals surface area contributed by atoms with Crippen molar-refractivity contribution in [1.29, 1.82) is 0 Å². The molecular weight excluding hydrogens is 128 g/mol. The van der Waals surface area contributed by atoms with Gasteiger partial charge in [0.15, 0.2) is 0 Å². The topological polar surface area (TPSA) is 30.4 Å². The molecule has 0 saturated heterocycles. The normalized spacial score (nSPS) is 11.0. The summed E-state index contributed by atoms with van der Waals surface area (Å²) >= 11 is 0. The number of aromatic nitrogens is 2. The van der Waals surface area contributed by atoms with Gasteiger partial charge in [-0.25, -0.2) is 0 Å². The Morgan fingerprint density at radius 3 is 2.90 bits per heavy atom. The van der Waals surface area contributed by atoms with E-state index in [1.165, 1.54) is 4.69 Å². The van der Waals surface area contributed by atoms with Gasteiger partial charge in [-0.2, -0.15) is 0 Å². The van der Waals surface area contributed by atoms with Crippen LogP contribution in [-0.4, -0.2) is 9.79 Å². The lowest BCUT2D eigenvalue weighted by Gasteiger charge is -1.78. The predicted molar refractivity (Wildman–Crippen MR) is 36.9 cm³/mol. The van der Waals surface area contributed by atoms with Gasteiger partial charge < -0.3 is 4.52 Å². The van der Waals surface area contributed by atoms with E-state index in [1.54, 1.807) is 0 Å². The average molecular weight is 136 g/mol. The SMILES string of the molecule is Cc1cc2cc(C)on2n1. The fraction of sp³-hybridized carbons (Fsp3) is 0.286. The molecule has 0 unspecified atom stereocenters. The Kier molecular flexibility index (Phi) is 0.897. The van der Waals surface area contributed by atoms with E-state index in [0.717, 1.165) is 17.0 Å². The predicted octanol–water partition coefficient (Wildman–Crippen LogP) is 1.54. The first-order valence-corrected chi connectivity index (χ1v) is 3.19. The molecule has 2 aromatic rings. The highest BCUT2D eigenvalue weighted by Crippen LogP contribution is 2.09. The monoisotopic (exact) mass is 136 g/mol. The Morgan fingerprint density at radius 1 is 1.40 bits per heavy atom. The molecule has 2 heterocycles. The molecule has 0 aliphatic carbocycles. The molecule has 3 nitrogen and oxygen atoms in total. The molecule has 3 heteroatoms. The number of rotatable bonds is 0. The molecule has 0 spiro atoms. The van der Waals surface area contributed by atoms with E-state index in [-0.39, 0.29) is 0 Å². The quantitative estimate of drug-likeness (QED) is 0.550. The number of fused-ring (bicyclic) bond motifs is 1. The first-order valence-electron chi connectivity index (χ1n) is 3.19. The van der Waals surface area contributed by atoms with Gasteiger partial charge in [-0.3, -0.25) is 0 Å². The third-order valence-corrected chi connectivity index (χ3v) is 1.41. The van der Waals surface area contributed by atoms with Crippen LogP contribution in [0.1, 0.15) is 11.5 Å². The molecule has 0 atom stereocenters. The Balaban J connectivity index is 2.83. The maximum Gasteiger partial charge on any atom is 0.134 e. The van der Waals surface area contributed by atoms with Crippen molar-refractivity contribution in [2.45, 2.75) is 13.8 Å². The van der Waals surface area contributed by atoms with E-state index in [2.05, 4.69) is 5.10 Å². The van der Waals surface area contributed by atoms with Crippen molar-refractivity contribution in [3.8, 4) is 0 Å². The third-order valence-electron chi connectivity index (χ3n) is 1.41. The zero-order valence-electron chi connectivity index (χ0n) is 5.96. The summed E-state index contributed by atoms with van der Waals surface area (Å²) < 4.78 is 6.73. The summed E-state index contributed by atoms with van der Waals surface area (Å²) in [7, 11) is 0. The van der Waals surface area contributed by atoms with E-state index in [9.17, 15) is 0 Å². The Labute approximate surface area is 58.2 Å². The molecule has 0 fully saturated rings. The van der Waals surface area contributed by atoms with Crippen LogP contribution in [0.4, 0.5) is 0 Å².